The van der Waals surface area contributed by atoms with Crippen LogP contribution in [0.3, 0.4) is 0 Å². The summed E-state index contributed by atoms with van der Waals surface area (Å²) in [5, 5.41) is 18.2. The Morgan fingerprint density at radius 2 is 2.10 bits per heavy atom. The zero-order valence-corrected chi connectivity index (χ0v) is 12.0. The summed E-state index contributed by atoms with van der Waals surface area (Å²) < 4.78 is 5.52. The maximum absolute atomic E-state index is 11.6. The fourth-order valence-electron chi connectivity index (χ4n) is 2.73. The fourth-order valence-corrected chi connectivity index (χ4v) is 2.73. The zero-order chi connectivity index (χ0) is 15.0. The highest BCUT2D eigenvalue weighted by Gasteiger charge is 2.34. The van der Waals surface area contributed by atoms with Gasteiger partial charge in [0.1, 0.15) is 0 Å². The van der Waals surface area contributed by atoms with Crippen molar-refractivity contribution in [3.05, 3.63) is 30.0 Å². The number of benzene rings is 1. The van der Waals surface area contributed by atoms with E-state index >= 15 is 0 Å². The number of morpholine rings is 1. The maximum atomic E-state index is 11.6. The van der Waals surface area contributed by atoms with E-state index in [1.807, 2.05) is 38.1 Å². The Labute approximate surface area is 122 Å². The maximum Gasteiger partial charge on any atom is 0.358 e. The molecule has 0 aliphatic carbocycles. The predicted molar refractivity (Wildman–Crippen MR) is 78.7 cm³/mol. The van der Waals surface area contributed by atoms with Crippen LogP contribution in [0.25, 0.3) is 10.9 Å². The Morgan fingerprint density at radius 3 is 2.81 bits per heavy atom. The van der Waals surface area contributed by atoms with Crippen molar-refractivity contribution in [1.29, 1.82) is 0 Å². The van der Waals surface area contributed by atoms with Crippen molar-refractivity contribution < 1.29 is 14.6 Å². The molecule has 1 aromatic heterocycles. The minimum atomic E-state index is -1.06. The second kappa shape index (κ2) is 4.96. The molecule has 0 unspecified atom stereocenters. The van der Waals surface area contributed by atoms with E-state index in [0.717, 1.165) is 5.39 Å². The van der Waals surface area contributed by atoms with Crippen LogP contribution in [0.1, 0.15) is 24.3 Å². The number of aromatic nitrogens is 2. The van der Waals surface area contributed by atoms with Gasteiger partial charge in [0.05, 0.1) is 30.0 Å². The average molecular weight is 287 g/mol. The molecule has 0 spiro atoms. The largest absolute Gasteiger partial charge is 0.476 e. The molecule has 0 amide bonds. The van der Waals surface area contributed by atoms with Crippen LogP contribution < -0.4 is 4.90 Å². The summed E-state index contributed by atoms with van der Waals surface area (Å²) in [6.45, 7) is 5.81. The quantitative estimate of drug-likeness (QED) is 0.909. The van der Waals surface area contributed by atoms with Crippen molar-refractivity contribution in [2.45, 2.75) is 19.4 Å². The summed E-state index contributed by atoms with van der Waals surface area (Å²) in [5.74, 6) is -1.06. The molecule has 0 saturated carbocycles. The van der Waals surface area contributed by atoms with E-state index in [4.69, 9.17) is 4.74 Å². The summed E-state index contributed by atoms with van der Waals surface area (Å²) in [6, 6.07) is 7.47. The molecule has 1 fully saturated rings. The highest BCUT2D eigenvalue weighted by atomic mass is 16.5. The van der Waals surface area contributed by atoms with Crippen LogP contribution in [-0.2, 0) is 4.74 Å². The molecule has 1 saturated heterocycles. The van der Waals surface area contributed by atoms with Crippen LogP contribution in [-0.4, -0.2) is 46.6 Å². The lowest BCUT2D eigenvalue weighted by molar-refractivity contribution is 0.0628. The number of carbonyl (C=O) groups is 1. The highest BCUT2D eigenvalue weighted by Crippen LogP contribution is 2.34. The summed E-state index contributed by atoms with van der Waals surface area (Å²) >= 11 is 0. The molecule has 2 heterocycles. The number of anilines is 1. The van der Waals surface area contributed by atoms with Crippen LogP contribution in [0.2, 0.25) is 0 Å². The molecule has 0 bridgehead atoms. The molecular formula is C15H17N3O3. The topological polar surface area (TPSA) is 75.5 Å². The lowest BCUT2D eigenvalue weighted by Crippen LogP contribution is -2.53. The first kappa shape index (κ1) is 13.8. The minimum Gasteiger partial charge on any atom is -0.476 e. The monoisotopic (exact) mass is 287 g/mol. The Morgan fingerprint density at radius 1 is 1.33 bits per heavy atom. The van der Waals surface area contributed by atoms with Gasteiger partial charge >= 0.3 is 5.97 Å². The molecule has 3 rings (SSSR count). The van der Waals surface area contributed by atoms with Gasteiger partial charge in [-0.3, -0.25) is 0 Å². The van der Waals surface area contributed by atoms with Gasteiger partial charge < -0.3 is 14.7 Å². The Kier molecular flexibility index (Phi) is 3.25. The van der Waals surface area contributed by atoms with Gasteiger partial charge in [-0.2, -0.15) is 0 Å². The molecule has 6 nitrogen and oxygen atoms in total. The molecule has 110 valence electrons. The van der Waals surface area contributed by atoms with Crippen molar-refractivity contribution in [2.75, 3.05) is 24.7 Å². The van der Waals surface area contributed by atoms with Gasteiger partial charge in [0, 0.05) is 11.9 Å². The third-order valence-corrected chi connectivity index (χ3v) is 3.76. The predicted octanol–water partition coefficient (Wildman–Crippen LogP) is 1.94. The second-order valence-electron chi connectivity index (χ2n) is 5.74. The van der Waals surface area contributed by atoms with Crippen molar-refractivity contribution in [1.82, 2.24) is 10.2 Å². The van der Waals surface area contributed by atoms with E-state index in [9.17, 15) is 9.90 Å². The molecule has 6 heteroatoms. The summed E-state index contributed by atoms with van der Waals surface area (Å²) in [6.07, 6.45) is 0. The van der Waals surface area contributed by atoms with Crippen LogP contribution in [0.15, 0.2) is 24.3 Å². The molecule has 1 aromatic carbocycles. The zero-order valence-electron chi connectivity index (χ0n) is 12.0. The van der Waals surface area contributed by atoms with Gasteiger partial charge in [-0.15, -0.1) is 10.2 Å². The highest BCUT2D eigenvalue weighted by molar-refractivity contribution is 6.03. The van der Waals surface area contributed by atoms with Crippen LogP contribution in [0.4, 0.5) is 5.69 Å². The van der Waals surface area contributed by atoms with E-state index in [-0.39, 0.29) is 11.2 Å². The van der Waals surface area contributed by atoms with Crippen molar-refractivity contribution in [3.8, 4) is 0 Å². The van der Waals surface area contributed by atoms with Gasteiger partial charge in [0.25, 0.3) is 0 Å². The number of fused-ring (bicyclic) bond motifs is 1. The number of rotatable bonds is 2. The molecule has 0 radical (unpaired) electrons. The number of ether oxygens (including phenoxy) is 1. The molecule has 21 heavy (non-hydrogen) atoms. The SMILES string of the molecule is CC1(C)COCCN1c1c(C(=O)O)nnc2ccccc12. The number of aromatic carboxylic acids is 1. The third kappa shape index (κ3) is 2.31. The van der Waals surface area contributed by atoms with E-state index in [1.165, 1.54) is 0 Å². The van der Waals surface area contributed by atoms with E-state index in [0.29, 0.717) is 31.0 Å². The molecule has 1 N–H and O–H groups in total. The number of hydrogen-bond donors (Lipinski definition) is 1. The first-order valence-corrected chi connectivity index (χ1v) is 6.85. The third-order valence-electron chi connectivity index (χ3n) is 3.76. The average Bonchev–Trinajstić information content (AvgIpc) is 2.46. The second-order valence-corrected chi connectivity index (χ2v) is 5.74. The van der Waals surface area contributed by atoms with E-state index in [1.54, 1.807) is 0 Å². The van der Waals surface area contributed by atoms with E-state index < -0.39 is 5.97 Å². The number of hydrogen-bond acceptors (Lipinski definition) is 5. The van der Waals surface area contributed by atoms with E-state index in [2.05, 4.69) is 15.1 Å². The Balaban J connectivity index is 2.27. The lowest BCUT2D eigenvalue weighted by Gasteiger charge is -2.44. The lowest BCUT2D eigenvalue weighted by atomic mass is 9.99. The summed E-state index contributed by atoms with van der Waals surface area (Å²) in [5.41, 5.74) is 1.01. The smallest absolute Gasteiger partial charge is 0.358 e. The number of carboxylic acids is 1. The van der Waals surface area contributed by atoms with Gasteiger partial charge in [-0.25, -0.2) is 4.79 Å². The van der Waals surface area contributed by atoms with Gasteiger partial charge in [0.2, 0.25) is 0 Å². The Bertz CT molecular complexity index is 700. The molecule has 0 atom stereocenters. The molecule has 1 aliphatic rings. The summed E-state index contributed by atoms with van der Waals surface area (Å²) in [7, 11) is 0. The van der Waals surface area contributed by atoms with Gasteiger partial charge in [-0.1, -0.05) is 18.2 Å². The molecule has 1 aliphatic heterocycles. The first-order chi connectivity index (χ1) is 10.0. The van der Waals surface area contributed by atoms with Crippen molar-refractivity contribution in [2.24, 2.45) is 0 Å². The minimum absolute atomic E-state index is 0.0105. The van der Waals surface area contributed by atoms with Gasteiger partial charge in [-0.05, 0) is 19.9 Å². The standard InChI is InChI=1S/C15H17N3O3/c1-15(2)9-21-8-7-18(15)13-10-5-3-4-6-11(10)16-17-12(13)14(19)20/h3-6H,7-9H2,1-2H3,(H,19,20). The number of nitrogens with zero attached hydrogens (tertiary/aromatic N) is 3. The van der Waals surface area contributed by atoms with Crippen LogP contribution in [0, 0.1) is 0 Å². The molecule has 2 aromatic rings. The molecular weight excluding hydrogens is 270 g/mol. The summed E-state index contributed by atoms with van der Waals surface area (Å²) in [4.78, 5) is 13.6. The van der Waals surface area contributed by atoms with Crippen LogP contribution in [0.5, 0.6) is 0 Å². The normalized spacial score (nSPS) is 17.9. The van der Waals surface area contributed by atoms with Gasteiger partial charge in [0.15, 0.2) is 5.69 Å². The van der Waals surface area contributed by atoms with Crippen LogP contribution >= 0.6 is 0 Å². The number of carboxylic acid groups (broad SMARTS) is 1. The Hall–Kier alpha value is -2.21. The van der Waals surface area contributed by atoms with Crippen molar-refractivity contribution >= 4 is 22.6 Å². The van der Waals surface area contributed by atoms with Crippen molar-refractivity contribution in [3.63, 3.8) is 0 Å². The fraction of sp³-hybridized carbons (Fsp3) is 0.400. The first-order valence-electron chi connectivity index (χ1n) is 6.85.